The zero-order valence-corrected chi connectivity index (χ0v) is 14.8. The number of amides is 1. The van der Waals surface area contributed by atoms with Crippen molar-refractivity contribution in [3.8, 4) is 5.75 Å². The molecule has 1 aromatic heterocycles. The summed E-state index contributed by atoms with van der Waals surface area (Å²) < 4.78 is 79.8. The van der Waals surface area contributed by atoms with E-state index < -0.39 is 36.7 Å². The predicted molar refractivity (Wildman–Crippen MR) is 92.0 cm³/mol. The summed E-state index contributed by atoms with van der Waals surface area (Å²) in [4.78, 5) is 26.1. The Balaban J connectivity index is 2.22. The van der Waals surface area contributed by atoms with Crippen LogP contribution in [0.5, 0.6) is 5.75 Å². The Bertz CT molecular complexity index is 905. The van der Waals surface area contributed by atoms with Gasteiger partial charge in [-0.05, 0) is 30.2 Å². The molecule has 0 radical (unpaired) electrons. The second kappa shape index (κ2) is 9.01. The Hall–Kier alpha value is -2.98. The Morgan fingerprint density at radius 3 is 2.38 bits per heavy atom. The number of halogens is 6. The van der Waals surface area contributed by atoms with E-state index in [9.17, 15) is 35.9 Å². The number of ether oxygens (including phenoxy) is 1. The maximum absolute atomic E-state index is 12.6. The zero-order valence-electron chi connectivity index (χ0n) is 14.8. The third-order valence-electron chi connectivity index (χ3n) is 3.59. The fourth-order valence-electron chi connectivity index (χ4n) is 2.40. The number of rotatable bonds is 7. The second-order valence-corrected chi connectivity index (χ2v) is 6.09. The van der Waals surface area contributed by atoms with Crippen LogP contribution in [0, 0.1) is 0 Å². The van der Waals surface area contributed by atoms with Gasteiger partial charge in [-0.25, -0.2) is 0 Å². The van der Waals surface area contributed by atoms with Gasteiger partial charge in [0.25, 0.3) is 5.91 Å². The Kier molecular flexibility index (Phi) is 6.93. The van der Waals surface area contributed by atoms with Crippen LogP contribution in [0.25, 0.3) is 0 Å². The third kappa shape index (κ3) is 7.88. The average Bonchev–Trinajstić information content (AvgIpc) is 2.57. The van der Waals surface area contributed by atoms with Crippen LogP contribution in [-0.4, -0.2) is 29.9 Å². The van der Waals surface area contributed by atoms with Crippen molar-refractivity contribution >= 4 is 11.6 Å². The number of hydrogen-bond donors (Lipinski definition) is 2. The highest BCUT2D eigenvalue weighted by Gasteiger charge is 2.29. The molecule has 0 aliphatic carbocycles. The molecular formula is C18H16F6N2O3. The molecule has 2 rings (SSSR count). The number of carbonyl (C=O) groups is 1. The zero-order chi connectivity index (χ0) is 21.7. The van der Waals surface area contributed by atoms with E-state index in [1.54, 1.807) is 0 Å². The molecule has 29 heavy (non-hydrogen) atoms. The van der Waals surface area contributed by atoms with Gasteiger partial charge in [-0.3, -0.25) is 9.59 Å². The van der Waals surface area contributed by atoms with Crippen molar-refractivity contribution in [2.24, 2.45) is 0 Å². The van der Waals surface area contributed by atoms with Crippen molar-refractivity contribution in [2.45, 2.75) is 31.6 Å². The van der Waals surface area contributed by atoms with Crippen LogP contribution >= 0.6 is 0 Å². The molecule has 0 bridgehead atoms. The first-order valence-corrected chi connectivity index (χ1v) is 8.32. The molecule has 1 amide bonds. The average molecular weight is 422 g/mol. The Labute approximate surface area is 160 Å². The van der Waals surface area contributed by atoms with E-state index in [2.05, 4.69) is 10.3 Å². The molecule has 2 N–H and O–H groups in total. The van der Waals surface area contributed by atoms with Gasteiger partial charge in [0.2, 0.25) is 5.56 Å². The number of aromatic amines is 1. The molecule has 0 saturated heterocycles. The Morgan fingerprint density at radius 2 is 1.76 bits per heavy atom. The van der Waals surface area contributed by atoms with E-state index in [1.165, 1.54) is 12.3 Å². The number of pyridine rings is 1. The maximum atomic E-state index is 12.6. The first-order valence-electron chi connectivity index (χ1n) is 8.32. The lowest BCUT2D eigenvalue weighted by molar-refractivity contribution is -0.136. The molecule has 1 heterocycles. The van der Waals surface area contributed by atoms with Crippen LogP contribution in [0.3, 0.4) is 0 Å². The van der Waals surface area contributed by atoms with E-state index >= 15 is 0 Å². The standard InChI is InChI=1S/C18H16F6N2O3/c19-17(20,21)5-1-7-29-14-3-2-11(10-18(22,23)24)8-13(14)16(28)26-12-4-6-25-15(27)9-12/h2-4,6,8-9H,1,5,7,10H2,(H2,25,26,27,28). The summed E-state index contributed by atoms with van der Waals surface area (Å²) in [6, 6.07) is 5.54. The van der Waals surface area contributed by atoms with Gasteiger partial charge >= 0.3 is 12.4 Å². The highest BCUT2D eigenvalue weighted by molar-refractivity contribution is 6.06. The molecule has 0 fully saturated rings. The third-order valence-corrected chi connectivity index (χ3v) is 3.59. The van der Waals surface area contributed by atoms with Gasteiger partial charge in [-0.15, -0.1) is 0 Å². The lowest BCUT2D eigenvalue weighted by Gasteiger charge is -2.14. The normalized spacial score (nSPS) is 11.9. The first kappa shape index (κ1) is 22.3. The number of alkyl halides is 6. The predicted octanol–water partition coefficient (Wildman–Crippen LogP) is 4.45. The summed E-state index contributed by atoms with van der Waals surface area (Å²) in [5.41, 5.74) is -0.949. The highest BCUT2D eigenvalue weighted by atomic mass is 19.4. The van der Waals surface area contributed by atoms with E-state index in [1.807, 2.05) is 0 Å². The molecule has 0 spiro atoms. The Morgan fingerprint density at radius 1 is 1.03 bits per heavy atom. The molecule has 0 aliphatic heterocycles. The smallest absolute Gasteiger partial charge is 0.393 e. The fraction of sp³-hybridized carbons (Fsp3) is 0.333. The van der Waals surface area contributed by atoms with Crippen molar-refractivity contribution in [1.82, 2.24) is 4.98 Å². The van der Waals surface area contributed by atoms with Gasteiger partial charge in [0.15, 0.2) is 0 Å². The minimum atomic E-state index is -4.52. The fourth-order valence-corrected chi connectivity index (χ4v) is 2.40. The molecule has 0 saturated carbocycles. The van der Waals surface area contributed by atoms with Gasteiger partial charge in [-0.1, -0.05) is 6.07 Å². The van der Waals surface area contributed by atoms with Crippen molar-refractivity contribution in [2.75, 3.05) is 11.9 Å². The molecule has 2 aromatic rings. The molecular weight excluding hydrogens is 406 g/mol. The van der Waals surface area contributed by atoms with E-state index in [4.69, 9.17) is 4.74 Å². The van der Waals surface area contributed by atoms with E-state index in [0.29, 0.717) is 0 Å². The summed E-state index contributed by atoms with van der Waals surface area (Å²) in [5, 5.41) is 2.34. The van der Waals surface area contributed by atoms with Crippen LogP contribution in [0.4, 0.5) is 32.0 Å². The van der Waals surface area contributed by atoms with Crippen molar-refractivity contribution in [3.63, 3.8) is 0 Å². The quantitative estimate of drug-likeness (QED) is 0.512. The molecule has 1 aromatic carbocycles. The number of hydrogen-bond acceptors (Lipinski definition) is 3. The molecule has 158 valence electrons. The summed E-state index contributed by atoms with van der Waals surface area (Å²) >= 11 is 0. The van der Waals surface area contributed by atoms with E-state index in [0.717, 1.165) is 24.3 Å². The molecule has 5 nitrogen and oxygen atoms in total. The number of anilines is 1. The lowest BCUT2D eigenvalue weighted by atomic mass is 10.1. The lowest BCUT2D eigenvalue weighted by Crippen LogP contribution is -2.18. The highest BCUT2D eigenvalue weighted by Crippen LogP contribution is 2.27. The van der Waals surface area contributed by atoms with E-state index in [-0.39, 0.29) is 35.6 Å². The summed E-state index contributed by atoms with van der Waals surface area (Å²) in [7, 11) is 0. The SMILES string of the molecule is O=C(Nc1cc[nH]c(=O)c1)c1cc(CC(F)(F)F)ccc1OCCCC(F)(F)F. The maximum Gasteiger partial charge on any atom is 0.393 e. The number of H-pyrrole nitrogens is 1. The van der Waals surface area contributed by atoms with Gasteiger partial charge < -0.3 is 15.0 Å². The van der Waals surface area contributed by atoms with Crippen molar-refractivity contribution in [3.05, 3.63) is 58.0 Å². The molecule has 0 aliphatic rings. The van der Waals surface area contributed by atoms with Crippen molar-refractivity contribution in [1.29, 1.82) is 0 Å². The molecule has 0 atom stereocenters. The topological polar surface area (TPSA) is 71.2 Å². The van der Waals surface area contributed by atoms with Crippen LogP contribution in [-0.2, 0) is 6.42 Å². The first-order chi connectivity index (χ1) is 13.4. The second-order valence-electron chi connectivity index (χ2n) is 6.09. The molecule has 0 unspecified atom stereocenters. The summed E-state index contributed by atoms with van der Waals surface area (Å²) in [5.74, 6) is -1.04. The molecule has 11 heteroatoms. The number of benzene rings is 1. The number of aromatic nitrogens is 1. The largest absolute Gasteiger partial charge is 0.493 e. The van der Waals surface area contributed by atoms with Crippen molar-refractivity contribution < 1.29 is 35.9 Å². The van der Waals surface area contributed by atoms with Crippen LogP contribution in [0.2, 0.25) is 0 Å². The van der Waals surface area contributed by atoms with Crippen LogP contribution in [0.1, 0.15) is 28.8 Å². The van der Waals surface area contributed by atoms with Crippen LogP contribution < -0.4 is 15.6 Å². The van der Waals surface area contributed by atoms with Gasteiger partial charge in [-0.2, -0.15) is 26.3 Å². The summed E-state index contributed by atoms with van der Waals surface area (Å²) in [6.07, 6.45) is -10.4. The van der Waals surface area contributed by atoms with Gasteiger partial charge in [0, 0.05) is 24.4 Å². The monoisotopic (exact) mass is 422 g/mol. The van der Waals surface area contributed by atoms with Gasteiger partial charge in [0.05, 0.1) is 18.6 Å². The summed E-state index contributed by atoms with van der Waals surface area (Å²) in [6.45, 7) is -0.386. The number of nitrogens with one attached hydrogen (secondary N) is 2. The number of carbonyl (C=O) groups excluding carboxylic acids is 1. The minimum absolute atomic E-state index is 0.0861. The van der Waals surface area contributed by atoms with Crippen LogP contribution in [0.15, 0.2) is 41.3 Å². The van der Waals surface area contributed by atoms with Gasteiger partial charge in [0.1, 0.15) is 5.75 Å². The minimum Gasteiger partial charge on any atom is -0.493 e.